The number of rotatable bonds is 2. The molecule has 0 spiro atoms. The van der Waals surface area contributed by atoms with E-state index in [1.165, 1.54) is 24.3 Å². The average molecular weight is 311 g/mol. The van der Waals surface area contributed by atoms with Gasteiger partial charge in [-0.3, -0.25) is 4.79 Å². The normalized spacial score (nSPS) is 16.6. The second kappa shape index (κ2) is 4.98. The molecule has 2 aromatic carbocycles. The lowest BCUT2D eigenvalue weighted by molar-refractivity contribution is -0.116. The molecule has 0 bridgehead atoms. The maximum Gasteiger partial charge on any atom is 0.245 e. The molecule has 2 aromatic rings. The number of nitrogens with two attached hydrogens (primary N) is 1. The number of fused-ring (bicyclic) bond motifs is 1. The second-order valence-electron chi connectivity index (χ2n) is 4.49. The Morgan fingerprint density at radius 3 is 2.76 bits per heavy atom. The largest absolute Gasteiger partial charge is 0.453 e. The lowest BCUT2D eigenvalue weighted by atomic mass is 10.1. The van der Waals surface area contributed by atoms with Gasteiger partial charge in [0.1, 0.15) is 11.8 Å². The van der Waals surface area contributed by atoms with E-state index in [4.69, 9.17) is 22.1 Å². The molecule has 108 valence electrons. The molecule has 3 N–H and O–H groups in total. The topological polar surface area (TPSA) is 64.4 Å². The van der Waals surface area contributed by atoms with Crippen molar-refractivity contribution in [3.05, 3.63) is 52.6 Å². The van der Waals surface area contributed by atoms with Gasteiger partial charge in [-0.1, -0.05) is 17.7 Å². The Morgan fingerprint density at radius 2 is 2.00 bits per heavy atom. The van der Waals surface area contributed by atoms with Crippen LogP contribution >= 0.6 is 11.6 Å². The van der Waals surface area contributed by atoms with Gasteiger partial charge >= 0.3 is 0 Å². The SMILES string of the molecule is NC1C(=O)Nc2cc(Oc3cccc(F)c3F)c(Cl)cc21. The molecule has 0 saturated carbocycles. The van der Waals surface area contributed by atoms with Crippen LogP contribution in [0.4, 0.5) is 14.5 Å². The maximum atomic E-state index is 13.6. The number of benzene rings is 2. The smallest absolute Gasteiger partial charge is 0.245 e. The van der Waals surface area contributed by atoms with E-state index >= 15 is 0 Å². The Labute approximate surface area is 123 Å². The van der Waals surface area contributed by atoms with Crippen molar-refractivity contribution in [3.8, 4) is 11.5 Å². The van der Waals surface area contributed by atoms with Crippen LogP contribution in [0.5, 0.6) is 11.5 Å². The highest BCUT2D eigenvalue weighted by Gasteiger charge is 2.28. The predicted octanol–water partition coefficient (Wildman–Crippen LogP) is 3.36. The number of carbonyl (C=O) groups excluding carboxylic acids is 1. The summed E-state index contributed by atoms with van der Waals surface area (Å²) in [5, 5.41) is 2.70. The Morgan fingerprint density at radius 1 is 1.24 bits per heavy atom. The summed E-state index contributed by atoms with van der Waals surface area (Å²) in [7, 11) is 0. The van der Waals surface area contributed by atoms with E-state index in [1.54, 1.807) is 0 Å². The summed E-state index contributed by atoms with van der Waals surface area (Å²) in [4.78, 5) is 11.5. The molecule has 7 heteroatoms. The second-order valence-corrected chi connectivity index (χ2v) is 4.90. The van der Waals surface area contributed by atoms with Gasteiger partial charge in [0.2, 0.25) is 11.7 Å². The number of ether oxygens (including phenoxy) is 1. The number of hydrogen-bond acceptors (Lipinski definition) is 3. The van der Waals surface area contributed by atoms with Crippen LogP contribution in [-0.4, -0.2) is 5.91 Å². The van der Waals surface area contributed by atoms with E-state index < -0.39 is 17.7 Å². The van der Waals surface area contributed by atoms with Crippen molar-refractivity contribution < 1.29 is 18.3 Å². The third-order valence-electron chi connectivity index (χ3n) is 3.12. The van der Waals surface area contributed by atoms with Crippen LogP contribution in [0.2, 0.25) is 5.02 Å². The Kier molecular flexibility index (Phi) is 3.27. The number of nitrogens with one attached hydrogen (secondary N) is 1. The zero-order chi connectivity index (χ0) is 15.1. The highest BCUT2D eigenvalue weighted by atomic mass is 35.5. The first-order chi connectivity index (χ1) is 9.97. The minimum atomic E-state index is -1.12. The van der Waals surface area contributed by atoms with Gasteiger partial charge in [-0.15, -0.1) is 0 Å². The molecule has 1 heterocycles. The van der Waals surface area contributed by atoms with Crippen LogP contribution in [-0.2, 0) is 4.79 Å². The van der Waals surface area contributed by atoms with Gasteiger partial charge in [-0.25, -0.2) is 4.39 Å². The first kappa shape index (κ1) is 13.8. The third kappa shape index (κ3) is 2.32. The summed E-state index contributed by atoms with van der Waals surface area (Å²) in [6.45, 7) is 0. The zero-order valence-corrected chi connectivity index (χ0v) is 11.2. The molecule has 1 aliphatic heterocycles. The molecule has 3 rings (SSSR count). The van der Waals surface area contributed by atoms with Crippen molar-refractivity contribution in [2.45, 2.75) is 6.04 Å². The summed E-state index contributed by atoms with van der Waals surface area (Å²) in [5.74, 6) is -2.72. The van der Waals surface area contributed by atoms with Crippen molar-refractivity contribution in [1.82, 2.24) is 0 Å². The lowest BCUT2D eigenvalue weighted by Gasteiger charge is -2.11. The summed E-state index contributed by atoms with van der Waals surface area (Å²) < 4.78 is 32.0. The highest BCUT2D eigenvalue weighted by molar-refractivity contribution is 6.32. The van der Waals surface area contributed by atoms with Gasteiger partial charge in [-0.2, -0.15) is 4.39 Å². The molecule has 0 radical (unpaired) electrons. The van der Waals surface area contributed by atoms with Crippen LogP contribution in [0.3, 0.4) is 0 Å². The highest BCUT2D eigenvalue weighted by Crippen LogP contribution is 2.39. The Balaban J connectivity index is 1.99. The number of anilines is 1. The monoisotopic (exact) mass is 310 g/mol. The molecule has 1 amide bonds. The molecule has 1 aliphatic rings. The molecule has 0 aromatic heterocycles. The minimum Gasteiger partial charge on any atom is -0.453 e. The van der Waals surface area contributed by atoms with E-state index in [9.17, 15) is 13.6 Å². The molecular weight excluding hydrogens is 302 g/mol. The third-order valence-corrected chi connectivity index (χ3v) is 3.41. The van der Waals surface area contributed by atoms with E-state index in [0.29, 0.717) is 11.3 Å². The maximum absolute atomic E-state index is 13.6. The van der Waals surface area contributed by atoms with Crippen LogP contribution in [0.1, 0.15) is 11.6 Å². The van der Waals surface area contributed by atoms with Crippen molar-refractivity contribution in [2.24, 2.45) is 5.73 Å². The fraction of sp³-hybridized carbons (Fsp3) is 0.0714. The molecule has 21 heavy (non-hydrogen) atoms. The summed E-state index contributed by atoms with van der Waals surface area (Å²) in [6.07, 6.45) is 0. The summed E-state index contributed by atoms with van der Waals surface area (Å²) in [6, 6.07) is 5.64. The van der Waals surface area contributed by atoms with E-state index in [2.05, 4.69) is 5.32 Å². The Hall–Kier alpha value is -2.18. The molecule has 0 saturated heterocycles. The standard InChI is InChI=1S/C14H9ClF2N2O2/c15-7-4-6-9(19-14(20)13(6)18)5-11(7)21-10-3-1-2-8(16)12(10)17/h1-5,13H,18H2,(H,19,20). The molecule has 1 unspecified atom stereocenters. The van der Waals surface area contributed by atoms with E-state index in [1.807, 2.05) is 0 Å². The van der Waals surface area contributed by atoms with Gasteiger partial charge in [-0.05, 0) is 18.2 Å². The number of halogens is 3. The molecule has 0 aliphatic carbocycles. The van der Waals surface area contributed by atoms with Gasteiger partial charge < -0.3 is 15.8 Å². The van der Waals surface area contributed by atoms with E-state index in [-0.39, 0.29) is 22.4 Å². The summed E-state index contributed by atoms with van der Waals surface area (Å²) in [5.41, 5.74) is 6.64. The van der Waals surface area contributed by atoms with Crippen LogP contribution in [0.25, 0.3) is 0 Å². The first-order valence-corrected chi connectivity index (χ1v) is 6.37. The summed E-state index contributed by atoms with van der Waals surface area (Å²) >= 11 is 6.03. The quantitative estimate of drug-likeness (QED) is 0.894. The zero-order valence-electron chi connectivity index (χ0n) is 10.5. The van der Waals surface area contributed by atoms with Crippen molar-refractivity contribution in [2.75, 3.05) is 5.32 Å². The van der Waals surface area contributed by atoms with E-state index in [0.717, 1.165) is 6.07 Å². The molecular formula is C14H9ClF2N2O2. The van der Waals surface area contributed by atoms with Crippen molar-refractivity contribution in [1.29, 1.82) is 0 Å². The van der Waals surface area contributed by atoms with Gasteiger partial charge in [0.05, 0.1) is 5.02 Å². The van der Waals surface area contributed by atoms with Crippen molar-refractivity contribution in [3.63, 3.8) is 0 Å². The Bertz CT molecular complexity index is 752. The number of carbonyl (C=O) groups is 1. The van der Waals surface area contributed by atoms with Crippen molar-refractivity contribution >= 4 is 23.2 Å². The van der Waals surface area contributed by atoms with Crippen LogP contribution < -0.4 is 15.8 Å². The lowest BCUT2D eigenvalue weighted by Crippen LogP contribution is -2.19. The number of amides is 1. The van der Waals surface area contributed by atoms with Crippen LogP contribution in [0.15, 0.2) is 30.3 Å². The van der Waals surface area contributed by atoms with Gasteiger partial charge in [0.25, 0.3) is 0 Å². The first-order valence-electron chi connectivity index (χ1n) is 5.99. The predicted molar refractivity (Wildman–Crippen MR) is 73.4 cm³/mol. The molecule has 4 nitrogen and oxygen atoms in total. The fourth-order valence-corrected chi connectivity index (χ4v) is 2.26. The average Bonchev–Trinajstić information content (AvgIpc) is 2.71. The molecule has 1 atom stereocenters. The van der Waals surface area contributed by atoms with Gasteiger partial charge in [0.15, 0.2) is 11.6 Å². The number of hydrogen-bond donors (Lipinski definition) is 2. The van der Waals surface area contributed by atoms with Gasteiger partial charge in [0, 0.05) is 17.3 Å². The van der Waals surface area contributed by atoms with Crippen LogP contribution in [0, 0.1) is 11.6 Å². The minimum absolute atomic E-state index is 0.0920. The molecule has 0 fully saturated rings. The fourth-order valence-electron chi connectivity index (χ4n) is 2.05.